The maximum atomic E-state index is 16.2. The van der Waals surface area contributed by atoms with Gasteiger partial charge in [-0.3, -0.25) is 9.59 Å². The molecule has 4 aliphatic carbocycles. The molecule has 1 saturated heterocycles. The van der Waals surface area contributed by atoms with Crippen molar-refractivity contribution in [1.29, 1.82) is 0 Å². The first-order chi connectivity index (χ1) is 21.4. The van der Waals surface area contributed by atoms with E-state index in [0.29, 0.717) is 17.7 Å². The summed E-state index contributed by atoms with van der Waals surface area (Å²) in [5.41, 5.74) is 6.07. The summed E-state index contributed by atoms with van der Waals surface area (Å²) >= 11 is 0. The lowest BCUT2D eigenvalue weighted by Gasteiger charge is -2.59. The van der Waals surface area contributed by atoms with Gasteiger partial charge in [-0.2, -0.15) is 0 Å². The minimum atomic E-state index is -1.57. The van der Waals surface area contributed by atoms with Gasteiger partial charge < -0.3 is 30.2 Å². The number of Topliss-reactive ketones (excluding diaryl/α,β-unsaturated/α-hetero) is 1. The SMILES string of the molecule is Cc1ccc(OCc2cccc(N)c2)c(F)c1[C@@H]1O[C@@H]2CC3[C@@H]4CCC5=CC(=O)C=C[C@]5(C)C4[C@@H](O)C[C@]3(C)[C@]2(C(=O)CO)O1. The number of carbonyl (C=O) groups is 2. The highest BCUT2D eigenvalue weighted by Crippen LogP contribution is 2.70. The first kappa shape index (κ1) is 30.3. The molecule has 9 heteroatoms. The number of hydrogen-bond donors (Lipinski definition) is 3. The number of aryl methyl sites for hydroxylation is 1. The molecule has 4 N–H and O–H groups in total. The van der Waals surface area contributed by atoms with E-state index in [1.165, 1.54) is 0 Å². The van der Waals surface area contributed by atoms with E-state index in [1.807, 2.05) is 19.1 Å². The number of aliphatic hydroxyl groups excluding tert-OH is 2. The van der Waals surface area contributed by atoms with E-state index in [0.717, 1.165) is 24.0 Å². The predicted molar refractivity (Wildman–Crippen MR) is 163 cm³/mol. The number of allylic oxidation sites excluding steroid dienone is 4. The number of nitrogen functional groups attached to an aromatic ring is 1. The second kappa shape index (κ2) is 10.6. The van der Waals surface area contributed by atoms with E-state index in [2.05, 4.69) is 6.92 Å². The first-order valence-electron chi connectivity index (χ1n) is 15.8. The van der Waals surface area contributed by atoms with Crippen molar-refractivity contribution in [2.24, 2.45) is 28.6 Å². The molecule has 238 valence electrons. The van der Waals surface area contributed by atoms with Crippen molar-refractivity contribution in [1.82, 2.24) is 0 Å². The van der Waals surface area contributed by atoms with Crippen molar-refractivity contribution in [3.63, 3.8) is 0 Å². The summed E-state index contributed by atoms with van der Waals surface area (Å²) in [6.45, 7) is 5.13. The molecule has 2 unspecified atom stereocenters. The molecule has 5 aliphatic rings. The maximum absolute atomic E-state index is 16.2. The van der Waals surface area contributed by atoms with Crippen LogP contribution < -0.4 is 10.5 Å². The van der Waals surface area contributed by atoms with Crippen LogP contribution in [0.25, 0.3) is 0 Å². The molecule has 0 radical (unpaired) electrons. The van der Waals surface area contributed by atoms with Crippen LogP contribution in [0.3, 0.4) is 0 Å². The van der Waals surface area contributed by atoms with Gasteiger partial charge in [-0.1, -0.05) is 43.7 Å². The van der Waals surface area contributed by atoms with Crippen molar-refractivity contribution in [2.75, 3.05) is 12.3 Å². The van der Waals surface area contributed by atoms with Gasteiger partial charge in [0.05, 0.1) is 17.8 Å². The predicted octanol–water partition coefficient (Wildman–Crippen LogP) is 4.90. The third-order valence-electron chi connectivity index (χ3n) is 11.7. The summed E-state index contributed by atoms with van der Waals surface area (Å²) in [6.07, 6.45) is 4.67. The Labute approximate surface area is 262 Å². The number of fused-ring (bicyclic) bond motifs is 7. The van der Waals surface area contributed by atoms with Crippen molar-refractivity contribution >= 4 is 17.3 Å². The van der Waals surface area contributed by atoms with Crippen molar-refractivity contribution in [3.8, 4) is 5.75 Å². The lowest BCUT2D eigenvalue weighted by atomic mass is 9.46. The van der Waals surface area contributed by atoms with Crippen LogP contribution in [0.4, 0.5) is 10.1 Å². The second-order valence-electron chi connectivity index (χ2n) is 14.0. The number of nitrogens with two attached hydrogens (primary N) is 1. The van der Waals surface area contributed by atoms with Gasteiger partial charge in [0.1, 0.15) is 13.2 Å². The van der Waals surface area contributed by atoms with E-state index < -0.39 is 53.1 Å². The molecular formula is C36H40FNO7. The van der Waals surface area contributed by atoms with Crippen LogP contribution in [0.2, 0.25) is 0 Å². The zero-order chi connectivity index (χ0) is 31.9. The molecule has 8 nitrogen and oxygen atoms in total. The van der Waals surface area contributed by atoms with Crippen LogP contribution in [-0.2, 0) is 25.7 Å². The number of anilines is 1. The summed E-state index contributed by atoms with van der Waals surface area (Å²) in [4.78, 5) is 26.0. The quantitative estimate of drug-likeness (QED) is 0.391. The van der Waals surface area contributed by atoms with Crippen molar-refractivity contribution < 1.29 is 38.4 Å². The number of hydrogen-bond acceptors (Lipinski definition) is 8. The average molecular weight is 618 g/mol. The second-order valence-corrected chi connectivity index (χ2v) is 14.0. The molecule has 1 aliphatic heterocycles. The highest BCUT2D eigenvalue weighted by molar-refractivity contribution is 6.01. The topological polar surface area (TPSA) is 128 Å². The Morgan fingerprint density at radius 3 is 2.78 bits per heavy atom. The van der Waals surface area contributed by atoms with Gasteiger partial charge in [-0.05, 0) is 85.9 Å². The molecule has 9 atom stereocenters. The van der Waals surface area contributed by atoms with Crippen LogP contribution in [0.15, 0.2) is 60.2 Å². The van der Waals surface area contributed by atoms with Crippen LogP contribution >= 0.6 is 0 Å². The zero-order valence-electron chi connectivity index (χ0n) is 25.8. The number of ether oxygens (including phenoxy) is 3. The van der Waals surface area contributed by atoms with E-state index in [1.54, 1.807) is 49.4 Å². The third-order valence-corrected chi connectivity index (χ3v) is 11.7. The highest BCUT2D eigenvalue weighted by Gasteiger charge is 2.76. The molecule has 2 aromatic rings. The minimum Gasteiger partial charge on any atom is -0.486 e. The highest BCUT2D eigenvalue weighted by atomic mass is 19.1. The van der Waals surface area contributed by atoms with E-state index in [4.69, 9.17) is 19.9 Å². The Kier molecular flexibility index (Phi) is 7.13. The van der Waals surface area contributed by atoms with Crippen LogP contribution in [-0.4, -0.2) is 46.2 Å². The normalized spacial score (nSPS) is 38.2. The van der Waals surface area contributed by atoms with Crippen molar-refractivity contribution in [2.45, 2.75) is 77.2 Å². The molecule has 7 rings (SSSR count). The lowest BCUT2D eigenvalue weighted by Crippen LogP contribution is -2.63. The number of halogens is 1. The largest absolute Gasteiger partial charge is 0.486 e. The van der Waals surface area contributed by atoms with Gasteiger partial charge >= 0.3 is 0 Å². The average Bonchev–Trinajstić information content (AvgIpc) is 3.49. The zero-order valence-corrected chi connectivity index (χ0v) is 25.8. The molecule has 3 saturated carbocycles. The van der Waals surface area contributed by atoms with E-state index in [9.17, 15) is 19.8 Å². The van der Waals surface area contributed by atoms with Gasteiger partial charge in [-0.15, -0.1) is 0 Å². The Morgan fingerprint density at radius 2 is 2.02 bits per heavy atom. The summed E-state index contributed by atoms with van der Waals surface area (Å²) in [6, 6.07) is 10.4. The Morgan fingerprint density at radius 1 is 1.22 bits per heavy atom. The molecule has 2 aromatic carbocycles. The summed E-state index contributed by atoms with van der Waals surface area (Å²) < 4.78 is 35.1. The fourth-order valence-electron chi connectivity index (χ4n) is 9.73. The minimum absolute atomic E-state index is 0.0168. The summed E-state index contributed by atoms with van der Waals surface area (Å²) in [7, 11) is 0. The monoisotopic (exact) mass is 617 g/mol. The summed E-state index contributed by atoms with van der Waals surface area (Å²) in [5, 5.41) is 22.1. The van der Waals surface area contributed by atoms with Gasteiger partial charge in [0, 0.05) is 22.4 Å². The number of rotatable bonds is 6. The summed E-state index contributed by atoms with van der Waals surface area (Å²) in [5.74, 6) is -1.36. The fraction of sp³-hybridized carbons (Fsp3) is 0.500. The molecule has 45 heavy (non-hydrogen) atoms. The van der Waals surface area contributed by atoms with Crippen LogP contribution in [0.1, 0.15) is 62.5 Å². The van der Waals surface area contributed by atoms with Gasteiger partial charge in [0.25, 0.3) is 0 Å². The first-order valence-corrected chi connectivity index (χ1v) is 15.8. The van der Waals surface area contributed by atoms with Crippen LogP contribution in [0, 0.1) is 41.3 Å². The molecular weight excluding hydrogens is 577 g/mol. The number of aliphatic hydroxyl groups is 2. The van der Waals surface area contributed by atoms with E-state index >= 15 is 4.39 Å². The van der Waals surface area contributed by atoms with Gasteiger partial charge in [0.15, 0.2) is 35.0 Å². The molecule has 0 spiro atoms. The van der Waals surface area contributed by atoms with Crippen LogP contribution in [0.5, 0.6) is 5.75 Å². The molecule has 0 amide bonds. The molecule has 4 fully saturated rings. The van der Waals surface area contributed by atoms with E-state index in [-0.39, 0.29) is 47.9 Å². The maximum Gasteiger partial charge on any atom is 0.193 e. The number of ketones is 2. The standard InChI is InChI=1S/C36H40FNO7/c1-19-7-10-27(43-18-20-5-4-6-22(38)13-20)32(37)30(19)33-44-29-15-25-24-9-8-21-14-23(40)11-12-34(21,2)31(24)26(41)16-35(25,3)36(29,45-33)28(42)17-39/h4-7,10-14,24-26,29,31,33,39,41H,8-9,15-18,38H2,1-3H3/t24-,25?,26-,29+,31?,33+,34-,35-,36+/m0/s1. The fourth-order valence-corrected chi connectivity index (χ4v) is 9.73. The third kappa shape index (κ3) is 4.31. The molecule has 0 bridgehead atoms. The Balaban J connectivity index is 1.21. The van der Waals surface area contributed by atoms with Crippen molar-refractivity contribution in [3.05, 3.63) is 82.7 Å². The molecule has 0 aromatic heterocycles. The smallest absolute Gasteiger partial charge is 0.193 e. The Bertz CT molecular complexity index is 1640. The number of carbonyl (C=O) groups excluding carboxylic acids is 2. The number of benzene rings is 2. The Hall–Kier alpha value is -3.37. The van der Waals surface area contributed by atoms with Gasteiger partial charge in [-0.25, -0.2) is 4.39 Å². The molecule has 1 heterocycles. The lowest BCUT2D eigenvalue weighted by molar-refractivity contribution is -0.201. The van der Waals surface area contributed by atoms with Gasteiger partial charge in [0.2, 0.25) is 0 Å².